The number of hydrogen-bond donors (Lipinski definition) is 2. The van der Waals surface area contributed by atoms with E-state index in [4.69, 9.17) is 18.9 Å². The second kappa shape index (κ2) is 9.84. The van der Waals surface area contributed by atoms with E-state index in [-0.39, 0.29) is 23.4 Å². The average Bonchev–Trinajstić information content (AvgIpc) is 2.46. The molecule has 8 heteroatoms. The first kappa shape index (κ1) is 19.9. The summed E-state index contributed by atoms with van der Waals surface area (Å²) in [6.45, 7) is 7.72. The molecule has 2 unspecified atom stereocenters. The highest BCUT2D eigenvalue weighted by Crippen LogP contribution is 2.18. The van der Waals surface area contributed by atoms with Crippen molar-refractivity contribution in [2.75, 3.05) is 13.2 Å². The zero-order chi connectivity index (χ0) is 17.4. The molecule has 0 fully saturated rings. The summed E-state index contributed by atoms with van der Waals surface area (Å²) in [7, 11) is -1.85. The Balaban J connectivity index is 2.93. The molecular formula is C15H24BFO6. The summed E-state index contributed by atoms with van der Waals surface area (Å²) in [5, 5.41) is 18.9. The Morgan fingerprint density at radius 1 is 1.04 bits per heavy atom. The van der Waals surface area contributed by atoms with Crippen molar-refractivity contribution < 1.29 is 33.4 Å². The molecular weight excluding hydrogens is 306 g/mol. The fraction of sp³-hybridized carbons (Fsp3) is 0.600. The van der Waals surface area contributed by atoms with Gasteiger partial charge in [0.1, 0.15) is 11.6 Å². The zero-order valence-corrected chi connectivity index (χ0v) is 13.9. The maximum absolute atomic E-state index is 14.3. The summed E-state index contributed by atoms with van der Waals surface area (Å²) in [5.41, 5.74) is 0.0235. The van der Waals surface area contributed by atoms with Gasteiger partial charge in [0.25, 0.3) is 0 Å². The summed E-state index contributed by atoms with van der Waals surface area (Å²) in [4.78, 5) is 0. The quantitative estimate of drug-likeness (QED) is 0.495. The molecule has 0 heterocycles. The summed E-state index contributed by atoms with van der Waals surface area (Å²) in [5.74, 6) is -0.508. The predicted molar refractivity (Wildman–Crippen MR) is 83.8 cm³/mol. The van der Waals surface area contributed by atoms with Crippen LogP contribution in [0.3, 0.4) is 0 Å². The van der Waals surface area contributed by atoms with Crippen molar-refractivity contribution in [1.29, 1.82) is 0 Å². The molecule has 2 N–H and O–H groups in total. The first-order valence-electron chi connectivity index (χ1n) is 7.58. The van der Waals surface area contributed by atoms with E-state index in [1.165, 1.54) is 6.07 Å². The second-order valence-electron chi connectivity index (χ2n) is 4.82. The number of halogens is 1. The third-order valence-electron chi connectivity index (χ3n) is 3.05. The molecule has 2 atom stereocenters. The zero-order valence-electron chi connectivity index (χ0n) is 13.9. The normalized spacial score (nSPS) is 13.7. The van der Waals surface area contributed by atoms with Crippen molar-refractivity contribution in [3.8, 4) is 5.75 Å². The minimum atomic E-state index is -1.85. The van der Waals surface area contributed by atoms with Crippen LogP contribution in [0, 0.1) is 5.82 Å². The van der Waals surface area contributed by atoms with Gasteiger partial charge >= 0.3 is 7.12 Å². The average molecular weight is 330 g/mol. The van der Waals surface area contributed by atoms with Crippen LogP contribution in [0.2, 0.25) is 0 Å². The molecule has 0 aromatic heterocycles. The Labute approximate surface area is 136 Å². The molecule has 1 aromatic rings. The summed E-state index contributed by atoms with van der Waals surface area (Å²) in [6.07, 6.45) is -1.11. The van der Waals surface area contributed by atoms with Gasteiger partial charge < -0.3 is 29.0 Å². The van der Waals surface area contributed by atoms with Gasteiger partial charge in [0, 0.05) is 24.8 Å². The minimum absolute atomic E-state index is 0.0209. The van der Waals surface area contributed by atoms with Crippen LogP contribution in [-0.2, 0) is 20.8 Å². The Morgan fingerprint density at radius 3 is 2.22 bits per heavy atom. The molecule has 0 amide bonds. The topological polar surface area (TPSA) is 77.4 Å². The lowest BCUT2D eigenvalue weighted by Crippen LogP contribution is -2.35. The standard InChI is InChI=1S/C15H24BFO6/c1-5-20-10(3)22-9-13-14(16(18)19)7-12(8-15(13)17)23-11(4)21-6-2/h7-8,10-11,18-19H,5-6,9H2,1-4H3. The van der Waals surface area contributed by atoms with E-state index in [0.717, 1.165) is 6.07 Å². The van der Waals surface area contributed by atoms with Gasteiger partial charge in [-0.3, -0.25) is 0 Å². The Hall–Kier alpha value is -1.19. The molecule has 0 radical (unpaired) electrons. The Morgan fingerprint density at radius 2 is 1.65 bits per heavy atom. The molecule has 0 bridgehead atoms. The first-order valence-corrected chi connectivity index (χ1v) is 7.58. The SMILES string of the molecule is CCOC(C)OCc1c(F)cc(OC(C)OCC)cc1B(O)O. The van der Waals surface area contributed by atoms with Crippen molar-refractivity contribution in [3.05, 3.63) is 23.5 Å². The summed E-state index contributed by atoms with van der Waals surface area (Å²) >= 11 is 0. The highest BCUT2D eigenvalue weighted by Gasteiger charge is 2.22. The summed E-state index contributed by atoms with van der Waals surface area (Å²) in [6, 6.07) is 2.51. The smallest absolute Gasteiger partial charge is 0.465 e. The van der Waals surface area contributed by atoms with Crippen LogP contribution in [0.4, 0.5) is 4.39 Å². The third-order valence-corrected chi connectivity index (χ3v) is 3.05. The number of rotatable bonds is 10. The summed E-state index contributed by atoms with van der Waals surface area (Å²) < 4.78 is 35.4. The van der Waals surface area contributed by atoms with Crippen LogP contribution in [0.25, 0.3) is 0 Å². The number of ether oxygens (including phenoxy) is 4. The van der Waals surface area contributed by atoms with Crippen molar-refractivity contribution in [2.45, 2.75) is 46.9 Å². The van der Waals surface area contributed by atoms with Crippen molar-refractivity contribution >= 4 is 12.6 Å². The van der Waals surface area contributed by atoms with E-state index in [1.807, 2.05) is 13.8 Å². The Bertz CT molecular complexity index is 485. The maximum atomic E-state index is 14.3. The molecule has 0 saturated carbocycles. The van der Waals surface area contributed by atoms with Gasteiger partial charge in [-0.05, 0) is 39.2 Å². The second-order valence-corrected chi connectivity index (χ2v) is 4.82. The van der Waals surface area contributed by atoms with Crippen LogP contribution >= 0.6 is 0 Å². The third kappa shape index (κ3) is 6.44. The lowest BCUT2D eigenvalue weighted by molar-refractivity contribution is -0.134. The van der Waals surface area contributed by atoms with Gasteiger partial charge in [-0.1, -0.05) is 0 Å². The lowest BCUT2D eigenvalue weighted by atomic mass is 9.77. The van der Waals surface area contributed by atoms with Gasteiger partial charge in [-0.25, -0.2) is 4.39 Å². The molecule has 6 nitrogen and oxygen atoms in total. The predicted octanol–water partition coefficient (Wildman–Crippen LogP) is 1.17. The fourth-order valence-corrected chi connectivity index (χ4v) is 2.03. The van der Waals surface area contributed by atoms with E-state index in [9.17, 15) is 14.4 Å². The molecule has 0 spiro atoms. The molecule has 0 aliphatic heterocycles. The van der Waals surface area contributed by atoms with Crippen molar-refractivity contribution in [2.24, 2.45) is 0 Å². The molecule has 130 valence electrons. The van der Waals surface area contributed by atoms with Gasteiger partial charge in [0.05, 0.1) is 6.61 Å². The van der Waals surface area contributed by atoms with Crippen molar-refractivity contribution in [1.82, 2.24) is 0 Å². The molecule has 23 heavy (non-hydrogen) atoms. The molecule has 0 aliphatic rings. The van der Waals surface area contributed by atoms with Gasteiger partial charge in [0.15, 0.2) is 12.6 Å². The largest absolute Gasteiger partial charge is 0.489 e. The van der Waals surface area contributed by atoms with Crippen LogP contribution in [0.15, 0.2) is 12.1 Å². The fourth-order valence-electron chi connectivity index (χ4n) is 2.03. The molecule has 0 aliphatic carbocycles. The highest BCUT2D eigenvalue weighted by atomic mass is 19.1. The minimum Gasteiger partial charge on any atom is -0.465 e. The van der Waals surface area contributed by atoms with Crippen LogP contribution in [-0.4, -0.2) is 43.0 Å². The first-order chi connectivity index (χ1) is 10.9. The number of benzene rings is 1. The Kier molecular flexibility index (Phi) is 8.50. The van der Waals surface area contributed by atoms with E-state index >= 15 is 0 Å². The van der Waals surface area contributed by atoms with Crippen molar-refractivity contribution in [3.63, 3.8) is 0 Å². The lowest BCUT2D eigenvalue weighted by Gasteiger charge is -2.18. The number of hydrogen-bond acceptors (Lipinski definition) is 6. The van der Waals surface area contributed by atoms with Gasteiger partial charge in [-0.2, -0.15) is 0 Å². The van der Waals surface area contributed by atoms with E-state index in [0.29, 0.717) is 13.2 Å². The molecule has 0 saturated heterocycles. The van der Waals surface area contributed by atoms with E-state index < -0.39 is 25.5 Å². The molecule has 1 aromatic carbocycles. The van der Waals surface area contributed by atoms with E-state index in [2.05, 4.69) is 0 Å². The highest BCUT2D eigenvalue weighted by molar-refractivity contribution is 6.59. The van der Waals surface area contributed by atoms with Crippen LogP contribution in [0.1, 0.15) is 33.3 Å². The maximum Gasteiger partial charge on any atom is 0.489 e. The molecule has 1 rings (SSSR count). The van der Waals surface area contributed by atoms with Crippen LogP contribution in [0.5, 0.6) is 5.75 Å². The monoisotopic (exact) mass is 330 g/mol. The van der Waals surface area contributed by atoms with Gasteiger partial charge in [-0.15, -0.1) is 0 Å². The van der Waals surface area contributed by atoms with E-state index in [1.54, 1.807) is 13.8 Å². The van der Waals surface area contributed by atoms with Crippen LogP contribution < -0.4 is 10.2 Å². The van der Waals surface area contributed by atoms with Gasteiger partial charge in [0.2, 0.25) is 0 Å².